The molecule has 1 aromatic heterocycles. The van der Waals surface area contributed by atoms with Crippen LogP contribution in [0.15, 0.2) is 58.5 Å². The van der Waals surface area contributed by atoms with Crippen LogP contribution in [0.2, 0.25) is 0 Å². The molecule has 1 heterocycles. The maximum atomic E-state index is 5.44. The summed E-state index contributed by atoms with van der Waals surface area (Å²) in [6.07, 6.45) is 0. The van der Waals surface area contributed by atoms with Gasteiger partial charge in [-0.3, -0.25) is 5.43 Å². The van der Waals surface area contributed by atoms with E-state index in [1.54, 1.807) is 18.9 Å². The molecular weight excluding hydrogens is 284 g/mol. The van der Waals surface area contributed by atoms with Crippen LogP contribution < -0.4 is 16.0 Å². The third-order valence-corrected chi connectivity index (χ3v) is 3.98. The van der Waals surface area contributed by atoms with Crippen molar-refractivity contribution in [1.29, 1.82) is 0 Å². The number of aromatic nitrogens is 2. The Labute approximate surface area is 126 Å². The van der Waals surface area contributed by atoms with Gasteiger partial charge in [-0.2, -0.15) is 0 Å². The number of nitrogen functional groups attached to an aromatic ring is 1. The van der Waals surface area contributed by atoms with Crippen molar-refractivity contribution < 1.29 is 4.74 Å². The minimum Gasteiger partial charge on any atom is -0.497 e. The Balaban J connectivity index is 2.01. The number of rotatable bonds is 4. The van der Waals surface area contributed by atoms with Crippen LogP contribution in [0.25, 0.3) is 10.9 Å². The highest BCUT2D eigenvalue weighted by molar-refractivity contribution is 7.99. The summed E-state index contributed by atoms with van der Waals surface area (Å²) in [7, 11) is 1.65. The van der Waals surface area contributed by atoms with E-state index in [0.29, 0.717) is 5.95 Å². The van der Waals surface area contributed by atoms with E-state index in [1.807, 2.05) is 48.5 Å². The van der Waals surface area contributed by atoms with E-state index in [-0.39, 0.29) is 0 Å². The molecule has 0 spiro atoms. The van der Waals surface area contributed by atoms with E-state index in [0.717, 1.165) is 26.6 Å². The van der Waals surface area contributed by atoms with Crippen LogP contribution in [0, 0.1) is 0 Å². The Bertz CT molecular complexity index is 761. The van der Waals surface area contributed by atoms with Gasteiger partial charge in [0.15, 0.2) is 0 Å². The lowest BCUT2D eigenvalue weighted by Crippen LogP contribution is -2.10. The third-order valence-electron chi connectivity index (χ3n) is 2.97. The van der Waals surface area contributed by atoms with Crippen LogP contribution in [0.5, 0.6) is 5.75 Å². The molecular formula is C15H14N4OS. The summed E-state index contributed by atoms with van der Waals surface area (Å²) in [5.41, 5.74) is 3.37. The van der Waals surface area contributed by atoms with E-state index < -0.39 is 0 Å². The van der Waals surface area contributed by atoms with Gasteiger partial charge in [0.05, 0.1) is 12.6 Å². The number of hydrogen-bond acceptors (Lipinski definition) is 6. The van der Waals surface area contributed by atoms with Crippen LogP contribution in [0.1, 0.15) is 0 Å². The molecule has 0 radical (unpaired) electrons. The van der Waals surface area contributed by atoms with E-state index in [9.17, 15) is 0 Å². The summed E-state index contributed by atoms with van der Waals surface area (Å²) in [5.74, 6) is 6.68. The number of nitrogens with one attached hydrogen (secondary N) is 1. The zero-order valence-electron chi connectivity index (χ0n) is 11.4. The first-order chi connectivity index (χ1) is 10.3. The van der Waals surface area contributed by atoms with Crippen molar-refractivity contribution in [2.45, 2.75) is 9.92 Å². The second kappa shape index (κ2) is 5.99. The van der Waals surface area contributed by atoms with Crippen LogP contribution in [-0.2, 0) is 0 Å². The molecule has 0 atom stereocenters. The topological polar surface area (TPSA) is 73.1 Å². The molecule has 0 unspecified atom stereocenters. The Kier molecular flexibility index (Phi) is 3.89. The molecule has 106 valence electrons. The van der Waals surface area contributed by atoms with Crippen molar-refractivity contribution in [2.24, 2.45) is 5.84 Å². The number of methoxy groups -OCH3 is 1. The molecule has 21 heavy (non-hydrogen) atoms. The maximum absolute atomic E-state index is 5.44. The summed E-state index contributed by atoms with van der Waals surface area (Å²) < 4.78 is 5.16. The van der Waals surface area contributed by atoms with Crippen molar-refractivity contribution in [3.05, 3.63) is 48.5 Å². The molecule has 2 aromatic carbocycles. The molecule has 0 saturated carbocycles. The fourth-order valence-corrected chi connectivity index (χ4v) is 2.86. The fraction of sp³-hybridized carbons (Fsp3) is 0.0667. The first-order valence-corrected chi connectivity index (χ1v) is 7.17. The number of hydrogen-bond donors (Lipinski definition) is 2. The zero-order chi connectivity index (χ0) is 14.7. The van der Waals surface area contributed by atoms with Gasteiger partial charge in [-0.05, 0) is 30.3 Å². The highest BCUT2D eigenvalue weighted by Crippen LogP contribution is 2.32. The Morgan fingerprint density at radius 2 is 1.81 bits per heavy atom. The van der Waals surface area contributed by atoms with E-state index >= 15 is 0 Å². The predicted molar refractivity (Wildman–Crippen MR) is 84.5 cm³/mol. The quantitative estimate of drug-likeness (QED) is 0.438. The normalized spacial score (nSPS) is 10.6. The average molecular weight is 298 g/mol. The number of ether oxygens (including phenoxy) is 1. The summed E-state index contributed by atoms with van der Waals surface area (Å²) in [6.45, 7) is 0. The predicted octanol–water partition coefficient (Wildman–Crippen LogP) is 3.08. The minimum atomic E-state index is 0.407. The van der Waals surface area contributed by atoms with Gasteiger partial charge >= 0.3 is 0 Å². The van der Waals surface area contributed by atoms with Crippen molar-refractivity contribution in [3.63, 3.8) is 0 Å². The van der Waals surface area contributed by atoms with Gasteiger partial charge in [0.1, 0.15) is 10.8 Å². The lowest BCUT2D eigenvalue weighted by molar-refractivity contribution is 0.414. The molecule has 0 bridgehead atoms. The lowest BCUT2D eigenvalue weighted by atomic mass is 10.2. The van der Waals surface area contributed by atoms with Crippen LogP contribution in [0.4, 0.5) is 5.95 Å². The number of hydrazine groups is 1. The maximum Gasteiger partial charge on any atom is 0.238 e. The van der Waals surface area contributed by atoms with Gasteiger partial charge in [-0.1, -0.05) is 30.0 Å². The van der Waals surface area contributed by atoms with Crippen LogP contribution in [0.3, 0.4) is 0 Å². The highest BCUT2D eigenvalue weighted by Gasteiger charge is 2.08. The lowest BCUT2D eigenvalue weighted by Gasteiger charge is -2.08. The fourth-order valence-electron chi connectivity index (χ4n) is 1.95. The number of benzene rings is 2. The second-order valence-electron chi connectivity index (χ2n) is 4.29. The standard InChI is InChI=1S/C15H14N4OS/c1-20-10-6-8-11(9-7-10)21-14-12-4-2-3-5-13(12)17-15(18-14)19-16/h2-9H,16H2,1H3,(H,17,18,19). The molecule has 5 nitrogen and oxygen atoms in total. The van der Waals surface area contributed by atoms with E-state index in [1.165, 1.54) is 0 Å². The second-order valence-corrected chi connectivity index (χ2v) is 5.35. The van der Waals surface area contributed by atoms with E-state index in [2.05, 4.69) is 15.4 Å². The van der Waals surface area contributed by atoms with Gasteiger partial charge in [0.25, 0.3) is 0 Å². The SMILES string of the molecule is COc1ccc(Sc2nc(NN)nc3ccccc23)cc1. The minimum absolute atomic E-state index is 0.407. The Morgan fingerprint density at radius 1 is 1.05 bits per heavy atom. The largest absolute Gasteiger partial charge is 0.497 e. The monoisotopic (exact) mass is 298 g/mol. The molecule has 0 amide bonds. The summed E-state index contributed by atoms with van der Waals surface area (Å²) >= 11 is 1.56. The summed E-state index contributed by atoms with van der Waals surface area (Å²) in [6, 6.07) is 15.7. The van der Waals surface area contributed by atoms with Gasteiger partial charge in [0, 0.05) is 10.3 Å². The van der Waals surface area contributed by atoms with Crippen molar-refractivity contribution in [1.82, 2.24) is 9.97 Å². The first kappa shape index (κ1) is 13.7. The average Bonchev–Trinajstić information content (AvgIpc) is 2.55. The number of anilines is 1. The van der Waals surface area contributed by atoms with Crippen LogP contribution >= 0.6 is 11.8 Å². The highest BCUT2D eigenvalue weighted by atomic mass is 32.2. The van der Waals surface area contributed by atoms with Crippen molar-refractivity contribution in [2.75, 3.05) is 12.5 Å². The zero-order valence-corrected chi connectivity index (χ0v) is 12.2. The third kappa shape index (κ3) is 2.91. The van der Waals surface area contributed by atoms with Crippen molar-refractivity contribution in [3.8, 4) is 5.75 Å². The molecule has 0 aliphatic carbocycles. The molecule has 0 saturated heterocycles. The number of fused-ring (bicyclic) bond motifs is 1. The van der Waals surface area contributed by atoms with Gasteiger partial charge < -0.3 is 4.74 Å². The number of para-hydroxylation sites is 1. The van der Waals surface area contributed by atoms with Gasteiger partial charge in [-0.25, -0.2) is 15.8 Å². The number of nitrogens with zero attached hydrogens (tertiary/aromatic N) is 2. The van der Waals surface area contributed by atoms with Crippen LogP contribution in [-0.4, -0.2) is 17.1 Å². The summed E-state index contributed by atoms with van der Waals surface area (Å²) in [5, 5.41) is 1.86. The smallest absolute Gasteiger partial charge is 0.238 e. The van der Waals surface area contributed by atoms with Gasteiger partial charge in [0.2, 0.25) is 5.95 Å². The molecule has 0 aliphatic rings. The van der Waals surface area contributed by atoms with Crippen molar-refractivity contribution >= 4 is 28.6 Å². The van der Waals surface area contributed by atoms with E-state index in [4.69, 9.17) is 10.6 Å². The molecule has 6 heteroatoms. The first-order valence-electron chi connectivity index (χ1n) is 6.35. The molecule has 0 aliphatic heterocycles. The Morgan fingerprint density at radius 3 is 2.52 bits per heavy atom. The van der Waals surface area contributed by atoms with Gasteiger partial charge in [-0.15, -0.1) is 0 Å². The molecule has 3 rings (SSSR count). The molecule has 0 fully saturated rings. The molecule has 3 N–H and O–H groups in total. The summed E-state index contributed by atoms with van der Waals surface area (Å²) in [4.78, 5) is 9.86. The Hall–Kier alpha value is -2.31. The molecule has 3 aromatic rings. The number of nitrogens with two attached hydrogens (primary N) is 1.